The molecule has 0 unspecified atom stereocenters. The average Bonchev–Trinajstić information content (AvgIpc) is 3.22. The summed E-state index contributed by atoms with van der Waals surface area (Å²) in [5, 5.41) is 2.38. The number of hydrogen-bond donors (Lipinski definition) is 0. The van der Waals surface area contributed by atoms with E-state index < -0.39 is 0 Å². The van der Waals surface area contributed by atoms with E-state index >= 15 is 0 Å². The van der Waals surface area contributed by atoms with Gasteiger partial charge in [0.2, 0.25) is 5.91 Å². The average molecular weight is 422 g/mol. The summed E-state index contributed by atoms with van der Waals surface area (Å²) in [5.41, 5.74) is 2.38. The Morgan fingerprint density at radius 3 is 2.48 bits per heavy atom. The first-order valence-electron chi connectivity index (χ1n) is 9.10. The van der Waals surface area contributed by atoms with Gasteiger partial charge in [-0.05, 0) is 29.1 Å². The van der Waals surface area contributed by atoms with Crippen LogP contribution >= 0.6 is 23.1 Å². The van der Waals surface area contributed by atoms with E-state index in [2.05, 4.69) is 4.98 Å². The van der Waals surface area contributed by atoms with E-state index in [0.29, 0.717) is 21.9 Å². The molecule has 0 bridgehead atoms. The zero-order valence-electron chi connectivity index (χ0n) is 15.8. The van der Waals surface area contributed by atoms with E-state index in [1.54, 1.807) is 16.5 Å². The highest BCUT2D eigenvalue weighted by Crippen LogP contribution is 2.24. The van der Waals surface area contributed by atoms with Crippen LogP contribution in [0.15, 0.2) is 82.1 Å². The lowest BCUT2D eigenvalue weighted by atomic mass is 10.2. The van der Waals surface area contributed by atoms with Crippen LogP contribution in [0, 0.1) is 0 Å². The predicted molar refractivity (Wildman–Crippen MR) is 119 cm³/mol. The molecule has 4 aromatic rings. The van der Waals surface area contributed by atoms with Gasteiger partial charge >= 0.3 is 0 Å². The number of thiophene rings is 1. The minimum absolute atomic E-state index is 0.0156. The van der Waals surface area contributed by atoms with Gasteiger partial charge < -0.3 is 4.90 Å². The Labute approximate surface area is 176 Å². The molecule has 2 aromatic heterocycles. The monoisotopic (exact) mass is 421 g/mol. The Morgan fingerprint density at radius 1 is 1.07 bits per heavy atom. The molecule has 0 aliphatic rings. The second kappa shape index (κ2) is 8.63. The third kappa shape index (κ3) is 4.26. The first-order chi connectivity index (χ1) is 14.1. The molecule has 0 saturated carbocycles. The largest absolute Gasteiger partial charge is 0.341 e. The van der Waals surface area contributed by atoms with Crippen molar-refractivity contribution >= 4 is 39.2 Å². The first kappa shape index (κ1) is 19.4. The van der Waals surface area contributed by atoms with Gasteiger partial charge in [0.05, 0.1) is 17.0 Å². The second-order valence-electron chi connectivity index (χ2n) is 6.53. The minimum Gasteiger partial charge on any atom is -0.341 e. The van der Waals surface area contributed by atoms with E-state index in [1.165, 1.54) is 23.1 Å². The molecule has 0 fully saturated rings. The van der Waals surface area contributed by atoms with Gasteiger partial charge in [-0.3, -0.25) is 14.2 Å². The van der Waals surface area contributed by atoms with Crippen LogP contribution in [-0.2, 0) is 11.3 Å². The number of rotatable bonds is 6. The molecular weight excluding hydrogens is 402 g/mol. The van der Waals surface area contributed by atoms with Gasteiger partial charge in [0.15, 0.2) is 5.16 Å². The number of hydrogen-bond acceptors (Lipinski definition) is 5. The molecule has 4 rings (SSSR count). The number of benzene rings is 2. The van der Waals surface area contributed by atoms with Crippen molar-refractivity contribution in [1.82, 2.24) is 14.5 Å². The molecule has 0 atom stereocenters. The lowest BCUT2D eigenvalue weighted by Crippen LogP contribution is -2.28. The van der Waals surface area contributed by atoms with Crippen LogP contribution in [0.25, 0.3) is 15.9 Å². The van der Waals surface area contributed by atoms with E-state index in [1.807, 2.05) is 72.1 Å². The number of aromatic nitrogens is 2. The molecule has 0 radical (unpaired) electrons. The number of amides is 1. The molecule has 146 valence electrons. The molecule has 1 amide bonds. The Bertz CT molecular complexity index is 1190. The number of thioether (sulfide) groups is 1. The van der Waals surface area contributed by atoms with Crippen molar-refractivity contribution in [3.8, 4) is 5.69 Å². The maximum absolute atomic E-state index is 13.1. The van der Waals surface area contributed by atoms with Crippen molar-refractivity contribution in [3.63, 3.8) is 0 Å². The molecule has 2 aromatic carbocycles. The summed E-state index contributed by atoms with van der Waals surface area (Å²) < 4.78 is 2.21. The maximum atomic E-state index is 13.1. The van der Waals surface area contributed by atoms with E-state index in [9.17, 15) is 9.59 Å². The van der Waals surface area contributed by atoms with Crippen LogP contribution in [0.2, 0.25) is 0 Å². The zero-order valence-corrected chi connectivity index (χ0v) is 17.5. The standard InChI is InChI=1S/C22H19N3O2S2/c1-24(14-16-8-4-2-5-9-16)19(26)15-29-22-23-18-12-13-28-20(18)21(27)25(22)17-10-6-3-7-11-17/h2-13H,14-15H2,1H3. The molecule has 5 nitrogen and oxygen atoms in total. The molecule has 0 aliphatic carbocycles. The van der Waals surface area contributed by atoms with Gasteiger partial charge in [0.1, 0.15) is 4.70 Å². The van der Waals surface area contributed by atoms with E-state index in [0.717, 1.165) is 11.3 Å². The SMILES string of the molecule is CN(Cc1ccccc1)C(=O)CSc1nc2ccsc2c(=O)n1-c1ccccc1. The fourth-order valence-corrected chi connectivity index (χ4v) is 4.69. The van der Waals surface area contributed by atoms with Crippen LogP contribution in [0.3, 0.4) is 0 Å². The highest BCUT2D eigenvalue weighted by Gasteiger charge is 2.17. The quantitative estimate of drug-likeness (QED) is 0.346. The van der Waals surface area contributed by atoms with E-state index in [-0.39, 0.29) is 17.2 Å². The van der Waals surface area contributed by atoms with Crippen molar-refractivity contribution in [2.75, 3.05) is 12.8 Å². The maximum Gasteiger partial charge on any atom is 0.276 e. The number of nitrogens with zero attached hydrogens (tertiary/aromatic N) is 3. The van der Waals surface area contributed by atoms with Gasteiger partial charge in [-0.25, -0.2) is 4.98 Å². The third-order valence-corrected chi connectivity index (χ3v) is 6.29. The fraction of sp³-hybridized carbons (Fsp3) is 0.136. The summed E-state index contributed by atoms with van der Waals surface area (Å²) in [6.07, 6.45) is 0. The number of carbonyl (C=O) groups excluding carboxylic acids is 1. The molecule has 0 saturated heterocycles. The smallest absolute Gasteiger partial charge is 0.276 e. The van der Waals surface area contributed by atoms with Crippen LogP contribution in [0.4, 0.5) is 0 Å². The molecule has 0 aliphatic heterocycles. The summed E-state index contributed by atoms with van der Waals surface area (Å²) in [4.78, 5) is 32.1. The predicted octanol–water partition coefficient (Wildman–Crippen LogP) is 4.20. The topological polar surface area (TPSA) is 55.2 Å². The molecule has 0 spiro atoms. The molecule has 7 heteroatoms. The Balaban J connectivity index is 1.59. The van der Waals surface area contributed by atoms with Crippen molar-refractivity contribution in [1.29, 1.82) is 0 Å². The highest BCUT2D eigenvalue weighted by atomic mass is 32.2. The van der Waals surface area contributed by atoms with E-state index in [4.69, 9.17) is 0 Å². The third-order valence-electron chi connectivity index (χ3n) is 4.48. The van der Waals surface area contributed by atoms with Crippen molar-refractivity contribution in [2.24, 2.45) is 0 Å². The van der Waals surface area contributed by atoms with Crippen LogP contribution in [-0.4, -0.2) is 33.2 Å². The van der Waals surface area contributed by atoms with Crippen LogP contribution < -0.4 is 5.56 Å². The Morgan fingerprint density at radius 2 is 1.76 bits per heavy atom. The van der Waals surface area contributed by atoms with Crippen LogP contribution in [0.5, 0.6) is 0 Å². The molecule has 29 heavy (non-hydrogen) atoms. The first-order valence-corrected chi connectivity index (χ1v) is 11.0. The summed E-state index contributed by atoms with van der Waals surface area (Å²) in [6.45, 7) is 0.544. The number of fused-ring (bicyclic) bond motifs is 1. The second-order valence-corrected chi connectivity index (χ2v) is 8.39. The van der Waals surface area contributed by atoms with Crippen molar-refractivity contribution in [2.45, 2.75) is 11.7 Å². The summed E-state index contributed by atoms with van der Waals surface area (Å²) >= 11 is 2.67. The normalized spacial score (nSPS) is 10.9. The summed E-state index contributed by atoms with van der Waals surface area (Å²) in [6, 6.07) is 21.1. The van der Waals surface area contributed by atoms with Gasteiger partial charge in [-0.2, -0.15) is 0 Å². The van der Waals surface area contributed by atoms with Gasteiger partial charge in [0.25, 0.3) is 5.56 Å². The highest BCUT2D eigenvalue weighted by molar-refractivity contribution is 7.99. The summed E-state index contributed by atoms with van der Waals surface area (Å²) in [5.74, 6) is 0.191. The Hall–Kier alpha value is -2.90. The summed E-state index contributed by atoms with van der Waals surface area (Å²) in [7, 11) is 1.79. The fourth-order valence-electron chi connectivity index (χ4n) is 2.98. The Kier molecular flexibility index (Phi) is 5.78. The van der Waals surface area contributed by atoms with Crippen LogP contribution in [0.1, 0.15) is 5.56 Å². The minimum atomic E-state index is -0.108. The number of carbonyl (C=O) groups is 1. The number of para-hydroxylation sites is 1. The van der Waals surface area contributed by atoms with Gasteiger partial charge in [-0.1, -0.05) is 60.3 Å². The molecule has 0 N–H and O–H groups in total. The van der Waals surface area contributed by atoms with Gasteiger partial charge in [0, 0.05) is 13.6 Å². The van der Waals surface area contributed by atoms with Gasteiger partial charge in [-0.15, -0.1) is 11.3 Å². The molecule has 2 heterocycles. The lowest BCUT2D eigenvalue weighted by Gasteiger charge is -2.18. The lowest BCUT2D eigenvalue weighted by molar-refractivity contribution is -0.127. The molecular formula is C22H19N3O2S2. The van der Waals surface area contributed by atoms with Crippen molar-refractivity contribution in [3.05, 3.63) is 88.0 Å². The van der Waals surface area contributed by atoms with Crippen molar-refractivity contribution < 1.29 is 4.79 Å². The zero-order chi connectivity index (χ0) is 20.2.